The van der Waals surface area contributed by atoms with E-state index in [1.165, 1.54) is 18.4 Å². The third-order valence-corrected chi connectivity index (χ3v) is 4.58. The Bertz CT molecular complexity index is 500. The molecular formula is C20H34N4O. The third kappa shape index (κ3) is 8.36. The molecule has 2 rings (SSSR count). The number of hydrogen-bond acceptors (Lipinski definition) is 3. The Morgan fingerprint density at radius 2 is 2.00 bits per heavy atom. The van der Waals surface area contributed by atoms with E-state index >= 15 is 0 Å². The van der Waals surface area contributed by atoms with E-state index < -0.39 is 0 Å². The Morgan fingerprint density at radius 1 is 1.24 bits per heavy atom. The Kier molecular flexibility index (Phi) is 8.77. The molecule has 0 radical (unpaired) electrons. The van der Waals surface area contributed by atoms with Gasteiger partial charge in [-0.05, 0) is 51.3 Å². The van der Waals surface area contributed by atoms with Gasteiger partial charge in [-0.1, -0.05) is 30.3 Å². The van der Waals surface area contributed by atoms with E-state index in [1.807, 2.05) is 7.05 Å². The number of guanidine groups is 1. The summed E-state index contributed by atoms with van der Waals surface area (Å²) in [4.78, 5) is 6.58. The van der Waals surface area contributed by atoms with E-state index in [0.717, 1.165) is 51.0 Å². The zero-order chi connectivity index (χ0) is 17.9. The molecule has 0 bridgehead atoms. The smallest absolute Gasteiger partial charge is 0.191 e. The second-order valence-corrected chi connectivity index (χ2v) is 7.06. The van der Waals surface area contributed by atoms with Crippen molar-refractivity contribution in [2.45, 2.75) is 31.7 Å². The maximum atomic E-state index is 5.66. The Balaban J connectivity index is 1.64. The first-order valence-electron chi connectivity index (χ1n) is 9.41. The highest BCUT2D eigenvalue weighted by atomic mass is 16.5. The lowest BCUT2D eigenvalue weighted by Crippen LogP contribution is -2.46. The summed E-state index contributed by atoms with van der Waals surface area (Å²) in [5.41, 5.74) is 1.36. The number of likely N-dealkylation sites (N-methyl/N-ethyl adjacent to an activating group) is 1. The van der Waals surface area contributed by atoms with Crippen LogP contribution in [0, 0.1) is 5.92 Å². The minimum absolute atomic E-state index is 0.419. The summed E-state index contributed by atoms with van der Waals surface area (Å²) < 4.78 is 5.66. The average molecular weight is 347 g/mol. The average Bonchev–Trinajstić information content (AvgIpc) is 3.44. The largest absolute Gasteiger partial charge is 0.381 e. The van der Waals surface area contributed by atoms with Gasteiger partial charge in [-0.2, -0.15) is 0 Å². The van der Waals surface area contributed by atoms with E-state index in [-0.39, 0.29) is 0 Å². The summed E-state index contributed by atoms with van der Waals surface area (Å²) >= 11 is 0. The van der Waals surface area contributed by atoms with Crippen LogP contribution in [0.5, 0.6) is 0 Å². The van der Waals surface area contributed by atoms with Gasteiger partial charge in [-0.15, -0.1) is 0 Å². The zero-order valence-electron chi connectivity index (χ0n) is 16.0. The van der Waals surface area contributed by atoms with E-state index in [4.69, 9.17) is 4.74 Å². The molecule has 1 fully saturated rings. The minimum atomic E-state index is 0.419. The quantitative estimate of drug-likeness (QED) is 0.366. The molecule has 1 aromatic carbocycles. The molecule has 0 amide bonds. The molecule has 1 aliphatic carbocycles. The SMILES string of the molecule is CN=C(NCCCOCC1CC1)NCC(Cc1ccccc1)N(C)C. The Morgan fingerprint density at radius 3 is 2.64 bits per heavy atom. The number of rotatable bonds is 11. The zero-order valence-corrected chi connectivity index (χ0v) is 16.0. The van der Waals surface area contributed by atoms with Gasteiger partial charge < -0.3 is 20.3 Å². The van der Waals surface area contributed by atoms with Crippen molar-refractivity contribution in [3.8, 4) is 0 Å². The topological polar surface area (TPSA) is 48.9 Å². The molecule has 0 saturated heterocycles. The molecule has 0 heterocycles. The van der Waals surface area contributed by atoms with Crippen LogP contribution in [0.3, 0.4) is 0 Å². The summed E-state index contributed by atoms with van der Waals surface area (Å²) in [6.45, 7) is 3.52. The second-order valence-electron chi connectivity index (χ2n) is 7.06. The first-order chi connectivity index (χ1) is 12.2. The van der Waals surface area contributed by atoms with Crippen LogP contribution in [0.2, 0.25) is 0 Å². The highest BCUT2D eigenvalue weighted by molar-refractivity contribution is 5.79. The summed E-state index contributed by atoms with van der Waals surface area (Å²) in [5, 5.41) is 6.82. The van der Waals surface area contributed by atoms with Gasteiger partial charge in [-0.25, -0.2) is 0 Å². The van der Waals surface area contributed by atoms with E-state index in [1.54, 1.807) is 0 Å². The summed E-state index contributed by atoms with van der Waals surface area (Å²) in [6.07, 6.45) is 4.73. The van der Waals surface area contributed by atoms with Crippen molar-refractivity contribution in [3.05, 3.63) is 35.9 Å². The predicted octanol–water partition coefficient (Wildman–Crippen LogP) is 2.14. The molecule has 0 aromatic heterocycles. The molecule has 1 saturated carbocycles. The van der Waals surface area contributed by atoms with Crippen molar-refractivity contribution in [2.24, 2.45) is 10.9 Å². The Hall–Kier alpha value is -1.59. The molecule has 140 valence electrons. The number of nitrogens with zero attached hydrogens (tertiary/aromatic N) is 2. The van der Waals surface area contributed by atoms with E-state index in [2.05, 4.69) is 65.0 Å². The molecule has 25 heavy (non-hydrogen) atoms. The van der Waals surface area contributed by atoms with Crippen molar-refractivity contribution in [1.82, 2.24) is 15.5 Å². The molecule has 0 aliphatic heterocycles. The number of ether oxygens (including phenoxy) is 1. The normalized spacial score (nSPS) is 16.1. The molecule has 1 unspecified atom stereocenters. The number of benzene rings is 1. The fourth-order valence-corrected chi connectivity index (χ4v) is 2.67. The van der Waals surface area contributed by atoms with Crippen LogP contribution in [-0.2, 0) is 11.2 Å². The van der Waals surface area contributed by atoms with Gasteiger partial charge in [0, 0.05) is 39.4 Å². The fraction of sp³-hybridized carbons (Fsp3) is 0.650. The van der Waals surface area contributed by atoms with Crippen LogP contribution in [0.15, 0.2) is 35.3 Å². The van der Waals surface area contributed by atoms with Gasteiger partial charge in [0.05, 0.1) is 0 Å². The van der Waals surface area contributed by atoms with Crippen LogP contribution in [0.1, 0.15) is 24.8 Å². The molecule has 0 spiro atoms. The van der Waals surface area contributed by atoms with E-state index in [9.17, 15) is 0 Å². The fourth-order valence-electron chi connectivity index (χ4n) is 2.67. The summed E-state index contributed by atoms with van der Waals surface area (Å²) in [5.74, 6) is 1.71. The monoisotopic (exact) mass is 346 g/mol. The van der Waals surface area contributed by atoms with Gasteiger partial charge in [-0.3, -0.25) is 4.99 Å². The maximum Gasteiger partial charge on any atom is 0.191 e. The van der Waals surface area contributed by atoms with E-state index in [0.29, 0.717) is 6.04 Å². The standard InChI is InChI=1S/C20H34N4O/c1-21-20(22-12-7-13-25-16-18-10-11-18)23-15-19(24(2)3)14-17-8-5-4-6-9-17/h4-6,8-9,18-19H,7,10-16H2,1-3H3,(H2,21,22,23). The molecule has 1 atom stereocenters. The highest BCUT2D eigenvalue weighted by Crippen LogP contribution is 2.28. The highest BCUT2D eigenvalue weighted by Gasteiger charge is 2.20. The van der Waals surface area contributed by atoms with Gasteiger partial charge in [0.2, 0.25) is 0 Å². The van der Waals surface area contributed by atoms with Gasteiger partial charge in [0.25, 0.3) is 0 Å². The van der Waals surface area contributed by atoms with Crippen LogP contribution in [0.25, 0.3) is 0 Å². The number of aliphatic imine (C=N–C) groups is 1. The van der Waals surface area contributed by atoms with Crippen LogP contribution < -0.4 is 10.6 Å². The van der Waals surface area contributed by atoms with Gasteiger partial charge >= 0.3 is 0 Å². The van der Waals surface area contributed by atoms with Crippen LogP contribution in [-0.4, -0.2) is 64.3 Å². The maximum absolute atomic E-state index is 5.66. The number of hydrogen-bond donors (Lipinski definition) is 2. The molecule has 5 nitrogen and oxygen atoms in total. The van der Waals surface area contributed by atoms with Crippen molar-refractivity contribution in [2.75, 3.05) is 47.4 Å². The van der Waals surface area contributed by atoms with Crippen molar-refractivity contribution in [3.63, 3.8) is 0 Å². The first-order valence-corrected chi connectivity index (χ1v) is 9.41. The molecule has 2 N–H and O–H groups in total. The third-order valence-electron chi connectivity index (χ3n) is 4.58. The lowest BCUT2D eigenvalue weighted by atomic mass is 10.1. The molecule has 1 aromatic rings. The molecule has 5 heteroatoms. The Labute approximate surface area is 152 Å². The van der Waals surface area contributed by atoms with Crippen molar-refractivity contribution < 1.29 is 4.74 Å². The van der Waals surface area contributed by atoms with Crippen LogP contribution >= 0.6 is 0 Å². The lowest BCUT2D eigenvalue weighted by molar-refractivity contribution is 0.123. The summed E-state index contributed by atoms with van der Waals surface area (Å²) in [7, 11) is 6.08. The first kappa shape index (κ1) is 19.7. The summed E-state index contributed by atoms with van der Waals surface area (Å²) in [6, 6.07) is 11.0. The van der Waals surface area contributed by atoms with Crippen molar-refractivity contribution in [1.29, 1.82) is 0 Å². The molecular weight excluding hydrogens is 312 g/mol. The predicted molar refractivity (Wildman–Crippen MR) is 105 cm³/mol. The minimum Gasteiger partial charge on any atom is -0.381 e. The van der Waals surface area contributed by atoms with Crippen molar-refractivity contribution >= 4 is 5.96 Å². The van der Waals surface area contributed by atoms with Crippen LogP contribution in [0.4, 0.5) is 0 Å². The number of nitrogens with one attached hydrogen (secondary N) is 2. The lowest BCUT2D eigenvalue weighted by Gasteiger charge is -2.25. The van der Waals surface area contributed by atoms with Gasteiger partial charge in [0.1, 0.15) is 0 Å². The second kappa shape index (κ2) is 11.1. The van der Waals surface area contributed by atoms with Gasteiger partial charge in [0.15, 0.2) is 5.96 Å². The molecule has 1 aliphatic rings.